The zero-order chi connectivity index (χ0) is 18.9. The Morgan fingerprint density at radius 3 is 2.69 bits per heavy atom. The zero-order valence-electron chi connectivity index (χ0n) is 15.2. The van der Waals surface area contributed by atoms with E-state index < -0.39 is 0 Å². The van der Waals surface area contributed by atoms with Crippen LogP contribution in [-0.4, -0.2) is 48.7 Å². The van der Waals surface area contributed by atoms with E-state index in [-0.39, 0.29) is 11.8 Å². The van der Waals surface area contributed by atoms with Crippen LogP contribution in [0.25, 0.3) is 0 Å². The van der Waals surface area contributed by atoms with Gasteiger partial charge in [0.1, 0.15) is 5.75 Å². The molecule has 0 atom stereocenters. The van der Waals surface area contributed by atoms with Crippen LogP contribution in [0.5, 0.6) is 5.75 Å². The Kier molecular flexibility index (Phi) is 7.47. The normalized spacial score (nSPS) is 10.3. The molecule has 2 aromatic rings. The Bertz CT molecular complexity index is 751. The fraction of sp³-hybridized carbons (Fsp3) is 0.316. The number of hydrogen-bond donors (Lipinski definition) is 1. The number of amides is 2. The SMILES string of the molecule is COc1ccc(C(=O)N(C)C)cc1NC(=O)CCSCc1ccccn1. The molecule has 0 radical (unpaired) electrons. The fourth-order valence-corrected chi connectivity index (χ4v) is 3.09. The highest BCUT2D eigenvalue weighted by atomic mass is 32.2. The summed E-state index contributed by atoms with van der Waals surface area (Å²) in [6, 6.07) is 10.8. The summed E-state index contributed by atoms with van der Waals surface area (Å²) in [6.07, 6.45) is 2.13. The van der Waals surface area contributed by atoms with Gasteiger partial charge in [-0.05, 0) is 30.3 Å². The van der Waals surface area contributed by atoms with Gasteiger partial charge in [-0.1, -0.05) is 6.07 Å². The average Bonchev–Trinajstić information content (AvgIpc) is 2.65. The van der Waals surface area contributed by atoms with Crippen molar-refractivity contribution in [3.05, 3.63) is 53.9 Å². The van der Waals surface area contributed by atoms with Gasteiger partial charge in [-0.3, -0.25) is 14.6 Å². The molecule has 1 N–H and O–H groups in total. The number of aromatic nitrogens is 1. The molecule has 0 bridgehead atoms. The standard InChI is InChI=1S/C19H23N3O3S/c1-22(2)19(24)14-7-8-17(25-3)16(12-14)21-18(23)9-11-26-13-15-6-4-5-10-20-15/h4-8,10,12H,9,11,13H2,1-3H3,(H,21,23). The second-order valence-corrected chi connectivity index (χ2v) is 6.89. The number of rotatable bonds is 8. The number of thioether (sulfide) groups is 1. The maximum Gasteiger partial charge on any atom is 0.253 e. The van der Waals surface area contributed by atoms with Gasteiger partial charge in [0.15, 0.2) is 0 Å². The van der Waals surface area contributed by atoms with Gasteiger partial charge < -0.3 is 15.0 Å². The summed E-state index contributed by atoms with van der Waals surface area (Å²) in [7, 11) is 4.90. The Labute approximate surface area is 157 Å². The largest absolute Gasteiger partial charge is 0.495 e. The number of carbonyl (C=O) groups excluding carboxylic acids is 2. The smallest absolute Gasteiger partial charge is 0.253 e. The third kappa shape index (κ3) is 5.77. The van der Waals surface area contributed by atoms with Gasteiger partial charge in [-0.2, -0.15) is 11.8 Å². The van der Waals surface area contributed by atoms with Gasteiger partial charge in [-0.25, -0.2) is 0 Å². The molecule has 0 saturated heterocycles. The summed E-state index contributed by atoms with van der Waals surface area (Å²) in [5, 5.41) is 2.83. The summed E-state index contributed by atoms with van der Waals surface area (Å²) in [5.41, 5.74) is 1.99. The Hall–Kier alpha value is -2.54. The molecule has 2 amide bonds. The van der Waals surface area contributed by atoms with Crippen LogP contribution in [0.3, 0.4) is 0 Å². The summed E-state index contributed by atoms with van der Waals surface area (Å²) in [6.45, 7) is 0. The fourth-order valence-electron chi connectivity index (χ4n) is 2.23. The van der Waals surface area contributed by atoms with Crippen molar-refractivity contribution in [2.45, 2.75) is 12.2 Å². The van der Waals surface area contributed by atoms with E-state index in [2.05, 4.69) is 10.3 Å². The van der Waals surface area contributed by atoms with E-state index in [1.165, 1.54) is 12.0 Å². The minimum absolute atomic E-state index is 0.119. The number of ether oxygens (including phenoxy) is 1. The highest BCUT2D eigenvalue weighted by molar-refractivity contribution is 7.98. The lowest BCUT2D eigenvalue weighted by Gasteiger charge is -2.14. The van der Waals surface area contributed by atoms with Crippen LogP contribution in [0.2, 0.25) is 0 Å². The molecule has 7 heteroatoms. The van der Waals surface area contributed by atoms with Gasteiger partial charge in [0, 0.05) is 43.8 Å². The van der Waals surface area contributed by atoms with Crippen molar-refractivity contribution >= 4 is 29.3 Å². The second-order valence-electron chi connectivity index (χ2n) is 5.79. The lowest BCUT2D eigenvalue weighted by molar-refractivity contribution is -0.115. The van der Waals surface area contributed by atoms with E-state index >= 15 is 0 Å². The number of methoxy groups -OCH3 is 1. The number of hydrogen-bond acceptors (Lipinski definition) is 5. The van der Waals surface area contributed by atoms with E-state index in [1.807, 2.05) is 18.2 Å². The maximum absolute atomic E-state index is 12.2. The predicted molar refractivity (Wildman–Crippen MR) is 105 cm³/mol. The van der Waals surface area contributed by atoms with E-state index in [0.717, 1.165) is 11.4 Å². The van der Waals surface area contributed by atoms with Crippen LogP contribution in [-0.2, 0) is 10.5 Å². The van der Waals surface area contributed by atoms with Crippen LogP contribution in [0, 0.1) is 0 Å². The van der Waals surface area contributed by atoms with Crippen LogP contribution in [0.15, 0.2) is 42.6 Å². The van der Waals surface area contributed by atoms with E-state index in [1.54, 1.807) is 50.3 Å². The topological polar surface area (TPSA) is 71.5 Å². The molecule has 0 saturated carbocycles. The first kappa shape index (κ1) is 19.8. The van der Waals surface area contributed by atoms with E-state index in [0.29, 0.717) is 29.2 Å². The van der Waals surface area contributed by atoms with Gasteiger partial charge in [0.25, 0.3) is 5.91 Å². The van der Waals surface area contributed by atoms with Crippen molar-refractivity contribution < 1.29 is 14.3 Å². The third-order valence-corrected chi connectivity index (χ3v) is 4.57. The first-order valence-corrected chi connectivity index (χ1v) is 9.34. The highest BCUT2D eigenvalue weighted by Crippen LogP contribution is 2.26. The monoisotopic (exact) mass is 373 g/mol. The maximum atomic E-state index is 12.2. The number of benzene rings is 1. The molecule has 138 valence electrons. The van der Waals surface area contributed by atoms with Crippen molar-refractivity contribution in [2.24, 2.45) is 0 Å². The summed E-state index contributed by atoms with van der Waals surface area (Å²) in [4.78, 5) is 30.0. The molecule has 1 aromatic carbocycles. The van der Waals surface area contributed by atoms with Crippen molar-refractivity contribution in [3.8, 4) is 5.75 Å². The van der Waals surface area contributed by atoms with Gasteiger partial charge in [-0.15, -0.1) is 0 Å². The number of nitrogens with zero attached hydrogens (tertiary/aromatic N) is 2. The van der Waals surface area contributed by atoms with Crippen molar-refractivity contribution in [2.75, 3.05) is 32.3 Å². The average molecular weight is 373 g/mol. The van der Waals surface area contributed by atoms with Crippen molar-refractivity contribution in [1.29, 1.82) is 0 Å². The van der Waals surface area contributed by atoms with Gasteiger partial charge >= 0.3 is 0 Å². The number of carbonyl (C=O) groups is 2. The second kappa shape index (κ2) is 9.82. The van der Waals surface area contributed by atoms with E-state index in [9.17, 15) is 9.59 Å². The minimum Gasteiger partial charge on any atom is -0.495 e. The molecule has 6 nitrogen and oxygen atoms in total. The van der Waals surface area contributed by atoms with Crippen LogP contribution in [0.4, 0.5) is 5.69 Å². The van der Waals surface area contributed by atoms with Crippen molar-refractivity contribution in [3.63, 3.8) is 0 Å². The molecule has 0 unspecified atom stereocenters. The minimum atomic E-state index is -0.130. The molecule has 0 aliphatic carbocycles. The highest BCUT2D eigenvalue weighted by Gasteiger charge is 2.13. The third-order valence-electron chi connectivity index (χ3n) is 3.58. The quantitative estimate of drug-likeness (QED) is 0.720. The van der Waals surface area contributed by atoms with Crippen LogP contribution in [0.1, 0.15) is 22.5 Å². The number of anilines is 1. The number of pyridine rings is 1. The summed E-state index contributed by atoms with van der Waals surface area (Å²) >= 11 is 1.65. The Balaban J connectivity index is 1.90. The summed E-state index contributed by atoms with van der Waals surface area (Å²) in [5.74, 6) is 1.72. The molecule has 0 fully saturated rings. The predicted octanol–water partition coefficient (Wildman–Crippen LogP) is 3.05. The van der Waals surface area contributed by atoms with Gasteiger partial charge in [0.2, 0.25) is 5.91 Å². The molecule has 2 rings (SSSR count). The van der Waals surface area contributed by atoms with Crippen LogP contribution >= 0.6 is 11.8 Å². The van der Waals surface area contributed by atoms with E-state index in [4.69, 9.17) is 4.74 Å². The van der Waals surface area contributed by atoms with Gasteiger partial charge in [0.05, 0.1) is 18.5 Å². The molecule has 26 heavy (non-hydrogen) atoms. The lowest BCUT2D eigenvalue weighted by atomic mass is 10.1. The molecule has 1 heterocycles. The molecule has 0 spiro atoms. The lowest BCUT2D eigenvalue weighted by Crippen LogP contribution is -2.22. The Morgan fingerprint density at radius 2 is 2.04 bits per heavy atom. The summed E-state index contributed by atoms with van der Waals surface area (Å²) < 4.78 is 5.27. The van der Waals surface area contributed by atoms with Crippen molar-refractivity contribution in [1.82, 2.24) is 9.88 Å². The van der Waals surface area contributed by atoms with Crippen LogP contribution < -0.4 is 10.1 Å². The molecular weight excluding hydrogens is 350 g/mol. The molecule has 1 aromatic heterocycles. The molecular formula is C19H23N3O3S. The zero-order valence-corrected chi connectivity index (χ0v) is 16.0. The first-order chi connectivity index (χ1) is 12.5. The number of nitrogens with one attached hydrogen (secondary N) is 1. The first-order valence-electron chi connectivity index (χ1n) is 8.18. The molecule has 0 aliphatic heterocycles. The Morgan fingerprint density at radius 1 is 1.23 bits per heavy atom. The molecule has 0 aliphatic rings.